The first-order valence-electron chi connectivity index (χ1n) is 7.20. The molecule has 0 aliphatic carbocycles. The van der Waals surface area contributed by atoms with Gasteiger partial charge < -0.3 is 9.80 Å². The fraction of sp³-hybridized carbons (Fsp3) is 0.400. The highest BCUT2D eigenvalue weighted by Gasteiger charge is 2.30. The second-order valence-corrected chi connectivity index (χ2v) is 6.85. The maximum atomic E-state index is 12.3. The van der Waals surface area contributed by atoms with Crippen LogP contribution in [0.15, 0.2) is 30.3 Å². The Morgan fingerprint density at radius 1 is 1.14 bits per heavy atom. The first kappa shape index (κ1) is 15.3. The van der Waals surface area contributed by atoms with E-state index in [1.165, 1.54) is 22.3 Å². The molecule has 2 amide bonds. The van der Waals surface area contributed by atoms with Crippen LogP contribution < -0.4 is 4.90 Å². The van der Waals surface area contributed by atoms with Crippen LogP contribution in [0, 0.1) is 0 Å². The molecule has 22 heavy (non-hydrogen) atoms. The summed E-state index contributed by atoms with van der Waals surface area (Å²) in [5.74, 6) is 0.269. The Labute approximate surface area is 139 Å². The summed E-state index contributed by atoms with van der Waals surface area (Å²) in [5, 5.41) is 0. The summed E-state index contributed by atoms with van der Waals surface area (Å²) >= 11 is 6.44. The molecule has 2 fully saturated rings. The van der Waals surface area contributed by atoms with Crippen molar-refractivity contribution in [3.05, 3.63) is 30.3 Å². The Morgan fingerprint density at radius 3 is 2.41 bits per heavy atom. The zero-order chi connectivity index (χ0) is 15.5. The third-order valence-corrected chi connectivity index (χ3v) is 5.32. The number of nitrogens with zero attached hydrogens (tertiary/aromatic N) is 3. The molecular formula is C15H17N3O2S2. The molecule has 1 aromatic carbocycles. The lowest BCUT2D eigenvalue weighted by Gasteiger charge is -2.36. The lowest BCUT2D eigenvalue weighted by atomic mass is 10.2. The maximum Gasteiger partial charge on any atom is 0.242 e. The predicted molar refractivity (Wildman–Crippen MR) is 92.0 cm³/mol. The third-order valence-electron chi connectivity index (χ3n) is 3.89. The summed E-state index contributed by atoms with van der Waals surface area (Å²) in [7, 11) is 0. The lowest BCUT2D eigenvalue weighted by Crippen LogP contribution is -2.51. The van der Waals surface area contributed by atoms with Gasteiger partial charge in [0.2, 0.25) is 11.8 Å². The van der Waals surface area contributed by atoms with Crippen molar-refractivity contribution in [2.45, 2.75) is 0 Å². The van der Waals surface area contributed by atoms with Crippen molar-refractivity contribution < 1.29 is 9.59 Å². The molecule has 5 nitrogen and oxygen atoms in total. The van der Waals surface area contributed by atoms with Crippen LogP contribution in [0.4, 0.5) is 5.69 Å². The Kier molecular flexibility index (Phi) is 4.63. The number of rotatable bonds is 3. The number of amides is 2. The molecule has 116 valence electrons. The molecular weight excluding hydrogens is 318 g/mol. The number of carbonyl (C=O) groups excluding carboxylic acids is 2. The van der Waals surface area contributed by atoms with Crippen LogP contribution in [-0.4, -0.2) is 64.4 Å². The molecule has 0 N–H and O–H groups in total. The summed E-state index contributed by atoms with van der Waals surface area (Å²) in [6.45, 7) is 3.05. The van der Waals surface area contributed by atoms with Gasteiger partial charge in [-0.1, -0.05) is 42.2 Å². The van der Waals surface area contributed by atoms with Crippen molar-refractivity contribution in [2.75, 3.05) is 43.4 Å². The molecule has 0 radical (unpaired) electrons. The van der Waals surface area contributed by atoms with Gasteiger partial charge in [0, 0.05) is 31.9 Å². The van der Waals surface area contributed by atoms with Crippen molar-refractivity contribution in [1.82, 2.24) is 9.80 Å². The molecule has 2 aliphatic heterocycles. The van der Waals surface area contributed by atoms with Gasteiger partial charge >= 0.3 is 0 Å². The van der Waals surface area contributed by atoms with E-state index in [-0.39, 0.29) is 18.4 Å². The van der Waals surface area contributed by atoms with Crippen LogP contribution in [0.5, 0.6) is 0 Å². The minimum absolute atomic E-state index is 0.0223. The number of piperazine rings is 1. The minimum atomic E-state index is -0.0636. The van der Waals surface area contributed by atoms with Crippen LogP contribution in [-0.2, 0) is 9.59 Å². The number of hydrogen-bond donors (Lipinski definition) is 0. The van der Waals surface area contributed by atoms with Crippen LogP contribution in [0.3, 0.4) is 0 Å². The van der Waals surface area contributed by atoms with E-state index in [1.807, 2.05) is 23.1 Å². The molecule has 3 rings (SSSR count). The summed E-state index contributed by atoms with van der Waals surface area (Å²) < 4.78 is 0.515. The second kappa shape index (κ2) is 6.66. The van der Waals surface area contributed by atoms with Crippen molar-refractivity contribution in [2.24, 2.45) is 0 Å². The highest BCUT2D eigenvalue weighted by molar-refractivity contribution is 8.23. The molecule has 0 bridgehead atoms. The van der Waals surface area contributed by atoms with E-state index in [9.17, 15) is 9.59 Å². The molecule has 2 aliphatic rings. The number of carbonyl (C=O) groups is 2. The van der Waals surface area contributed by atoms with Crippen LogP contribution in [0.2, 0.25) is 0 Å². The Morgan fingerprint density at radius 2 is 1.82 bits per heavy atom. The molecule has 0 saturated carbocycles. The number of benzene rings is 1. The average molecular weight is 335 g/mol. The van der Waals surface area contributed by atoms with E-state index in [2.05, 4.69) is 17.0 Å². The van der Waals surface area contributed by atoms with Gasteiger partial charge in [0.15, 0.2) is 0 Å². The fourth-order valence-corrected chi connectivity index (χ4v) is 3.69. The molecule has 0 aromatic heterocycles. The van der Waals surface area contributed by atoms with E-state index >= 15 is 0 Å². The first-order chi connectivity index (χ1) is 10.6. The molecule has 1 aromatic rings. The second-order valence-electron chi connectivity index (χ2n) is 5.24. The van der Waals surface area contributed by atoms with E-state index in [0.29, 0.717) is 23.2 Å². The SMILES string of the molecule is O=C(CN1C(=O)CSC1=S)N1CCN(c2ccccc2)CC1. The maximum absolute atomic E-state index is 12.3. The lowest BCUT2D eigenvalue weighted by molar-refractivity contribution is -0.136. The number of hydrogen-bond acceptors (Lipinski definition) is 5. The van der Waals surface area contributed by atoms with Crippen molar-refractivity contribution in [1.29, 1.82) is 0 Å². The Hall–Kier alpha value is -1.60. The normalized spacial score (nSPS) is 19.0. The smallest absolute Gasteiger partial charge is 0.242 e. The molecule has 0 atom stereocenters. The molecule has 2 saturated heterocycles. The molecule has 0 spiro atoms. The van der Waals surface area contributed by atoms with Crippen LogP contribution in [0.25, 0.3) is 0 Å². The van der Waals surface area contributed by atoms with Crippen LogP contribution in [0.1, 0.15) is 0 Å². The number of para-hydroxylation sites is 1. The first-order valence-corrected chi connectivity index (χ1v) is 8.59. The van der Waals surface area contributed by atoms with Gasteiger partial charge in [0.05, 0.1) is 5.75 Å². The molecule has 2 heterocycles. The van der Waals surface area contributed by atoms with Crippen molar-refractivity contribution in [3.8, 4) is 0 Å². The van der Waals surface area contributed by atoms with Crippen LogP contribution >= 0.6 is 24.0 Å². The minimum Gasteiger partial charge on any atom is -0.368 e. The molecule has 0 unspecified atom stereocenters. The van der Waals surface area contributed by atoms with E-state index in [0.717, 1.165) is 13.1 Å². The summed E-state index contributed by atoms with van der Waals surface area (Å²) in [6.07, 6.45) is 0. The van der Waals surface area contributed by atoms with Gasteiger partial charge in [-0.15, -0.1) is 0 Å². The number of anilines is 1. The number of thiocarbonyl (C=S) groups is 1. The standard InChI is InChI=1S/C15H17N3O2S2/c19-13(10-18-14(20)11-22-15(18)21)17-8-6-16(7-9-17)12-4-2-1-3-5-12/h1-5H,6-11H2. The highest BCUT2D eigenvalue weighted by Crippen LogP contribution is 2.20. The summed E-state index contributed by atoms with van der Waals surface area (Å²) in [6, 6.07) is 10.2. The highest BCUT2D eigenvalue weighted by atomic mass is 32.2. The largest absolute Gasteiger partial charge is 0.368 e. The predicted octanol–water partition coefficient (Wildman–Crippen LogP) is 1.20. The number of thioether (sulfide) groups is 1. The van der Waals surface area contributed by atoms with Gasteiger partial charge in [-0.2, -0.15) is 0 Å². The summed E-state index contributed by atoms with van der Waals surface area (Å²) in [4.78, 5) is 29.5. The monoisotopic (exact) mass is 335 g/mol. The van der Waals surface area contributed by atoms with Gasteiger partial charge in [-0.05, 0) is 12.1 Å². The van der Waals surface area contributed by atoms with E-state index in [4.69, 9.17) is 12.2 Å². The van der Waals surface area contributed by atoms with Crippen molar-refractivity contribution >= 4 is 45.8 Å². The van der Waals surface area contributed by atoms with E-state index in [1.54, 1.807) is 0 Å². The zero-order valence-corrected chi connectivity index (χ0v) is 13.7. The van der Waals surface area contributed by atoms with Gasteiger partial charge in [0.1, 0.15) is 10.9 Å². The Balaban J connectivity index is 1.54. The van der Waals surface area contributed by atoms with E-state index < -0.39 is 0 Å². The van der Waals surface area contributed by atoms with Gasteiger partial charge in [-0.3, -0.25) is 14.5 Å². The fourth-order valence-electron chi connectivity index (χ4n) is 2.62. The quantitative estimate of drug-likeness (QED) is 0.777. The zero-order valence-electron chi connectivity index (χ0n) is 12.1. The van der Waals surface area contributed by atoms with Gasteiger partial charge in [-0.25, -0.2) is 0 Å². The molecule has 7 heteroatoms. The average Bonchev–Trinajstić information content (AvgIpc) is 2.88. The topological polar surface area (TPSA) is 43.9 Å². The third kappa shape index (κ3) is 3.25. The van der Waals surface area contributed by atoms with Gasteiger partial charge in [0.25, 0.3) is 0 Å². The Bertz CT molecular complexity index is 570. The van der Waals surface area contributed by atoms with Crippen molar-refractivity contribution in [3.63, 3.8) is 0 Å². The summed E-state index contributed by atoms with van der Waals surface area (Å²) in [5.41, 5.74) is 1.18.